The number of halogens is 1. The number of hydrogen-bond donors (Lipinski definition) is 0. The first-order chi connectivity index (χ1) is 13.1. The Hall–Kier alpha value is -2.22. The second kappa shape index (κ2) is 7.80. The summed E-state index contributed by atoms with van der Waals surface area (Å²) in [4.78, 5) is 17.6. The lowest BCUT2D eigenvalue weighted by Crippen LogP contribution is -2.39. The van der Waals surface area contributed by atoms with Crippen LogP contribution >= 0.6 is 0 Å². The molecule has 146 valence electrons. The van der Waals surface area contributed by atoms with Crippen LogP contribution in [0.25, 0.3) is 0 Å². The van der Waals surface area contributed by atoms with E-state index in [1.54, 1.807) is 0 Å². The number of imidazole rings is 1. The molecule has 7 nitrogen and oxygen atoms in total. The van der Waals surface area contributed by atoms with Gasteiger partial charge in [0.2, 0.25) is 5.95 Å². The third-order valence-electron chi connectivity index (χ3n) is 5.35. The highest BCUT2D eigenvalue weighted by Crippen LogP contribution is 2.30. The van der Waals surface area contributed by atoms with Crippen LogP contribution in [0.2, 0.25) is 0 Å². The molecule has 2 fully saturated rings. The Labute approximate surface area is 159 Å². The second-order valence-electron chi connectivity index (χ2n) is 7.51. The van der Waals surface area contributed by atoms with E-state index in [9.17, 15) is 4.39 Å². The van der Waals surface area contributed by atoms with Crippen LogP contribution in [0.5, 0.6) is 0 Å². The van der Waals surface area contributed by atoms with Crippen molar-refractivity contribution in [1.82, 2.24) is 19.5 Å². The van der Waals surface area contributed by atoms with Gasteiger partial charge < -0.3 is 19.1 Å². The van der Waals surface area contributed by atoms with E-state index in [1.807, 2.05) is 17.3 Å². The zero-order valence-electron chi connectivity index (χ0n) is 16.0. The molecule has 0 amide bonds. The largest absolute Gasteiger partial charge is 0.378 e. The molecule has 0 unspecified atom stereocenters. The Morgan fingerprint density at radius 1 is 1.15 bits per heavy atom. The van der Waals surface area contributed by atoms with Crippen molar-refractivity contribution in [2.75, 3.05) is 49.2 Å². The summed E-state index contributed by atoms with van der Waals surface area (Å²) in [5.41, 5.74) is 0. The number of hydrogen-bond acceptors (Lipinski definition) is 6. The van der Waals surface area contributed by atoms with Gasteiger partial charge in [-0.3, -0.25) is 0 Å². The van der Waals surface area contributed by atoms with Crippen molar-refractivity contribution in [3.8, 4) is 0 Å². The maximum atomic E-state index is 14.3. The van der Waals surface area contributed by atoms with E-state index >= 15 is 0 Å². The zero-order valence-corrected chi connectivity index (χ0v) is 16.0. The molecule has 0 spiro atoms. The minimum atomic E-state index is -0.371. The van der Waals surface area contributed by atoms with E-state index in [0.29, 0.717) is 50.0 Å². The van der Waals surface area contributed by atoms with E-state index < -0.39 is 0 Å². The van der Waals surface area contributed by atoms with Gasteiger partial charge in [0.25, 0.3) is 0 Å². The Bertz CT molecular complexity index is 773. The van der Waals surface area contributed by atoms with Gasteiger partial charge in [-0.2, -0.15) is 4.98 Å². The van der Waals surface area contributed by atoms with Crippen LogP contribution in [0.4, 0.5) is 16.2 Å². The van der Waals surface area contributed by atoms with E-state index in [1.165, 1.54) is 6.20 Å². The van der Waals surface area contributed by atoms with Gasteiger partial charge in [-0.25, -0.2) is 14.4 Å². The Morgan fingerprint density at radius 2 is 1.96 bits per heavy atom. The first kappa shape index (κ1) is 18.2. The molecule has 8 heteroatoms. The number of rotatable bonds is 4. The van der Waals surface area contributed by atoms with Gasteiger partial charge >= 0.3 is 0 Å². The topological polar surface area (TPSA) is 59.3 Å². The molecular formula is C19H27FN6O. The molecule has 2 aliphatic heterocycles. The average molecular weight is 374 g/mol. The molecule has 27 heavy (non-hydrogen) atoms. The van der Waals surface area contributed by atoms with Crippen LogP contribution in [0.1, 0.15) is 44.5 Å². The van der Waals surface area contributed by atoms with Crippen LogP contribution in [-0.4, -0.2) is 58.9 Å². The number of aromatic nitrogens is 4. The summed E-state index contributed by atoms with van der Waals surface area (Å²) in [6.45, 7) is 8.53. The van der Waals surface area contributed by atoms with E-state index in [4.69, 9.17) is 4.74 Å². The molecule has 2 aliphatic rings. The van der Waals surface area contributed by atoms with Gasteiger partial charge in [0.15, 0.2) is 11.6 Å². The highest BCUT2D eigenvalue weighted by Gasteiger charge is 2.28. The van der Waals surface area contributed by atoms with Crippen molar-refractivity contribution in [3.63, 3.8) is 0 Å². The number of ether oxygens (including phenoxy) is 1. The maximum Gasteiger partial charge on any atom is 0.227 e. The number of morpholine rings is 1. The summed E-state index contributed by atoms with van der Waals surface area (Å²) in [7, 11) is 0. The standard InChI is InChI=1S/C19H27FN6O/c1-14(2)26-7-5-21-17(26)15-4-3-6-25(13-15)19-22-12-16(20)18(23-19)24-8-10-27-11-9-24/h5,7,12,14-15H,3-4,6,8-11,13H2,1-2H3/t15-/m0/s1. The van der Waals surface area contributed by atoms with Gasteiger partial charge in [-0.1, -0.05) is 0 Å². The SMILES string of the molecule is CC(C)n1ccnc1[C@H]1CCCN(c2ncc(F)c(N3CCOCC3)n2)C1. The second-order valence-corrected chi connectivity index (χ2v) is 7.51. The molecule has 2 saturated heterocycles. The minimum Gasteiger partial charge on any atom is -0.378 e. The summed E-state index contributed by atoms with van der Waals surface area (Å²) in [5.74, 6) is 2.06. The van der Waals surface area contributed by atoms with Gasteiger partial charge in [0.05, 0.1) is 19.4 Å². The predicted molar refractivity (Wildman–Crippen MR) is 102 cm³/mol. The molecule has 0 aromatic carbocycles. The summed E-state index contributed by atoms with van der Waals surface area (Å²) in [5, 5.41) is 0. The van der Waals surface area contributed by atoms with Crippen molar-refractivity contribution in [3.05, 3.63) is 30.2 Å². The first-order valence-corrected chi connectivity index (χ1v) is 9.76. The highest BCUT2D eigenvalue weighted by atomic mass is 19.1. The first-order valence-electron chi connectivity index (χ1n) is 9.76. The molecule has 1 atom stereocenters. The predicted octanol–water partition coefficient (Wildman–Crippen LogP) is 2.61. The fraction of sp³-hybridized carbons (Fsp3) is 0.632. The third-order valence-corrected chi connectivity index (χ3v) is 5.35. The summed E-state index contributed by atoms with van der Waals surface area (Å²) in [6, 6.07) is 0.382. The lowest BCUT2D eigenvalue weighted by atomic mass is 9.97. The fourth-order valence-electron chi connectivity index (χ4n) is 3.95. The smallest absolute Gasteiger partial charge is 0.227 e. The lowest BCUT2D eigenvalue weighted by molar-refractivity contribution is 0.122. The number of piperidine rings is 1. The molecule has 0 saturated carbocycles. The molecule has 2 aromatic heterocycles. The highest BCUT2D eigenvalue weighted by molar-refractivity contribution is 5.45. The Balaban J connectivity index is 1.55. The van der Waals surface area contributed by atoms with Gasteiger partial charge in [-0.15, -0.1) is 0 Å². The van der Waals surface area contributed by atoms with E-state index in [0.717, 1.165) is 31.8 Å². The Morgan fingerprint density at radius 3 is 2.74 bits per heavy atom. The monoisotopic (exact) mass is 374 g/mol. The lowest BCUT2D eigenvalue weighted by Gasteiger charge is -2.34. The van der Waals surface area contributed by atoms with E-state index in [2.05, 4.69) is 38.3 Å². The molecule has 0 radical (unpaired) electrons. The quantitative estimate of drug-likeness (QED) is 0.820. The maximum absolute atomic E-state index is 14.3. The van der Waals surface area contributed by atoms with E-state index in [-0.39, 0.29) is 5.82 Å². The molecule has 4 rings (SSSR count). The molecule has 0 N–H and O–H groups in total. The van der Waals surface area contributed by atoms with Crippen LogP contribution in [-0.2, 0) is 4.74 Å². The van der Waals surface area contributed by atoms with Gasteiger partial charge in [-0.05, 0) is 26.7 Å². The molecule has 2 aromatic rings. The van der Waals surface area contributed by atoms with Gasteiger partial charge in [0.1, 0.15) is 5.82 Å². The van der Waals surface area contributed by atoms with Crippen molar-refractivity contribution in [2.24, 2.45) is 0 Å². The van der Waals surface area contributed by atoms with Crippen molar-refractivity contribution >= 4 is 11.8 Å². The van der Waals surface area contributed by atoms with Crippen LogP contribution in [0, 0.1) is 5.82 Å². The van der Waals surface area contributed by atoms with Crippen molar-refractivity contribution in [1.29, 1.82) is 0 Å². The van der Waals surface area contributed by atoms with Crippen LogP contribution in [0.3, 0.4) is 0 Å². The average Bonchev–Trinajstić information content (AvgIpc) is 3.19. The zero-order chi connectivity index (χ0) is 18.8. The third kappa shape index (κ3) is 3.76. The molecular weight excluding hydrogens is 347 g/mol. The van der Waals surface area contributed by atoms with Crippen molar-refractivity contribution < 1.29 is 9.13 Å². The fourth-order valence-corrected chi connectivity index (χ4v) is 3.95. The summed E-state index contributed by atoms with van der Waals surface area (Å²) in [6.07, 6.45) is 7.36. The normalized spacial score (nSPS) is 21.1. The Kier molecular flexibility index (Phi) is 5.24. The summed E-state index contributed by atoms with van der Waals surface area (Å²) < 4.78 is 21.9. The van der Waals surface area contributed by atoms with Crippen molar-refractivity contribution in [2.45, 2.75) is 38.6 Å². The van der Waals surface area contributed by atoms with Crippen LogP contribution in [0.15, 0.2) is 18.6 Å². The summed E-state index contributed by atoms with van der Waals surface area (Å²) >= 11 is 0. The molecule has 0 bridgehead atoms. The molecule has 0 aliphatic carbocycles. The molecule has 4 heterocycles. The number of nitrogens with zero attached hydrogens (tertiary/aromatic N) is 6. The van der Waals surface area contributed by atoms with Gasteiger partial charge in [0, 0.05) is 50.5 Å². The minimum absolute atomic E-state index is 0.330. The number of anilines is 2. The van der Waals surface area contributed by atoms with Crippen LogP contribution < -0.4 is 9.80 Å².